The van der Waals surface area contributed by atoms with Crippen molar-refractivity contribution in [3.05, 3.63) is 51.9 Å². The summed E-state index contributed by atoms with van der Waals surface area (Å²) in [6, 6.07) is 8.29. The van der Waals surface area contributed by atoms with Crippen molar-refractivity contribution in [1.29, 1.82) is 0 Å². The van der Waals surface area contributed by atoms with Gasteiger partial charge in [-0.05, 0) is 40.2 Å². The Morgan fingerprint density at radius 1 is 1.20 bits per heavy atom. The van der Waals surface area contributed by atoms with E-state index in [2.05, 4.69) is 15.9 Å². The van der Waals surface area contributed by atoms with Crippen LogP contribution < -0.4 is 4.90 Å². The van der Waals surface area contributed by atoms with Crippen LogP contribution in [-0.4, -0.2) is 18.0 Å². The van der Waals surface area contributed by atoms with Crippen molar-refractivity contribution in [2.24, 2.45) is 0 Å². The molecular weight excluding hydrogens is 326 g/mol. The fourth-order valence-corrected chi connectivity index (χ4v) is 2.69. The molecule has 0 radical (unpaired) electrons. The second-order valence-corrected chi connectivity index (χ2v) is 5.13. The molecule has 20 heavy (non-hydrogen) atoms. The number of hydrogen-bond acceptors (Lipinski definition) is 4. The Kier molecular flexibility index (Phi) is 3.02. The number of amides is 1. The molecule has 2 aromatic rings. The lowest BCUT2D eigenvalue weighted by molar-refractivity contribution is -0.114. The number of halogens is 1. The predicted octanol–water partition coefficient (Wildman–Crippen LogP) is 2.58. The van der Waals surface area contributed by atoms with Gasteiger partial charge in [0.25, 0.3) is 11.7 Å². The van der Waals surface area contributed by atoms with Gasteiger partial charge in [0.1, 0.15) is 5.76 Å². The lowest BCUT2D eigenvalue weighted by atomic mass is 10.1. The number of carbonyl (C=O) groups excluding carboxylic acids is 3. The van der Waals surface area contributed by atoms with E-state index in [1.54, 1.807) is 24.3 Å². The van der Waals surface area contributed by atoms with E-state index < -0.39 is 11.7 Å². The molecule has 0 atom stereocenters. The number of rotatable bonds is 3. The SMILES string of the molecule is O=Cc1ccc(CN2C(=O)C(=O)c3c(Br)cccc32)o1. The van der Waals surface area contributed by atoms with Gasteiger partial charge in [-0.15, -0.1) is 0 Å². The van der Waals surface area contributed by atoms with Gasteiger partial charge >= 0.3 is 0 Å². The number of Topliss-reactive ketones (excluding diaryl/α,β-unsaturated/α-hetero) is 1. The molecule has 1 aromatic heterocycles. The Balaban J connectivity index is 1.99. The number of benzene rings is 1. The Morgan fingerprint density at radius 3 is 2.70 bits per heavy atom. The van der Waals surface area contributed by atoms with Crippen molar-refractivity contribution >= 4 is 39.6 Å². The van der Waals surface area contributed by atoms with Crippen molar-refractivity contribution in [3.8, 4) is 0 Å². The molecule has 6 heteroatoms. The molecule has 1 aliphatic rings. The molecule has 100 valence electrons. The standard InChI is InChI=1S/C14H8BrNO4/c15-10-2-1-3-11-12(10)13(18)14(19)16(11)6-8-4-5-9(7-17)20-8/h1-5,7H,6H2. The van der Waals surface area contributed by atoms with E-state index in [-0.39, 0.29) is 12.3 Å². The maximum absolute atomic E-state index is 12.0. The molecule has 1 amide bonds. The monoisotopic (exact) mass is 333 g/mol. The number of nitrogens with zero attached hydrogens (tertiary/aromatic N) is 1. The number of aldehydes is 1. The average Bonchev–Trinajstić information content (AvgIpc) is 2.99. The molecule has 0 N–H and O–H groups in total. The minimum Gasteiger partial charge on any atom is -0.456 e. The van der Waals surface area contributed by atoms with Crippen LogP contribution in [0.5, 0.6) is 0 Å². The van der Waals surface area contributed by atoms with E-state index in [0.29, 0.717) is 27.8 Å². The van der Waals surface area contributed by atoms with Gasteiger partial charge in [-0.1, -0.05) is 6.07 Å². The Labute approximate surface area is 122 Å². The fraction of sp³-hybridized carbons (Fsp3) is 0.0714. The van der Waals surface area contributed by atoms with Crippen LogP contribution in [0.3, 0.4) is 0 Å². The molecule has 5 nitrogen and oxygen atoms in total. The van der Waals surface area contributed by atoms with Crippen LogP contribution in [-0.2, 0) is 11.3 Å². The molecule has 0 unspecified atom stereocenters. The second kappa shape index (κ2) is 4.72. The molecule has 1 aromatic carbocycles. The third kappa shape index (κ3) is 1.89. The number of fused-ring (bicyclic) bond motifs is 1. The van der Waals surface area contributed by atoms with Gasteiger partial charge in [0.2, 0.25) is 0 Å². The largest absolute Gasteiger partial charge is 0.456 e. The maximum Gasteiger partial charge on any atom is 0.299 e. The number of ketones is 1. The first-order valence-corrected chi connectivity index (χ1v) is 6.59. The lowest BCUT2D eigenvalue weighted by Gasteiger charge is -2.14. The van der Waals surface area contributed by atoms with Crippen molar-refractivity contribution in [3.63, 3.8) is 0 Å². The summed E-state index contributed by atoms with van der Waals surface area (Å²) < 4.78 is 5.83. The van der Waals surface area contributed by atoms with E-state index >= 15 is 0 Å². The summed E-state index contributed by atoms with van der Waals surface area (Å²) in [6.07, 6.45) is 0.588. The lowest BCUT2D eigenvalue weighted by Crippen LogP contribution is -2.28. The number of anilines is 1. The van der Waals surface area contributed by atoms with E-state index in [4.69, 9.17) is 4.42 Å². The average molecular weight is 334 g/mol. The first kappa shape index (κ1) is 12.8. The van der Waals surface area contributed by atoms with Crippen molar-refractivity contribution in [2.75, 3.05) is 4.90 Å². The van der Waals surface area contributed by atoms with Crippen LogP contribution >= 0.6 is 15.9 Å². The molecule has 0 saturated heterocycles. The minimum atomic E-state index is -0.601. The van der Waals surface area contributed by atoms with Crippen molar-refractivity contribution in [1.82, 2.24) is 0 Å². The van der Waals surface area contributed by atoms with Crippen molar-refractivity contribution < 1.29 is 18.8 Å². The van der Waals surface area contributed by atoms with Crippen LogP contribution in [0.4, 0.5) is 5.69 Å². The first-order chi connectivity index (χ1) is 9.61. The molecule has 2 heterocycles. The summed E-state index contributed by atoms with van der Waals surface area (Å²) in [6.45, 7) is 0.113. The smallest absolute Gasteiger partial charge is 0.299 e. The second-order valence-electron chi connectivity index (χ2n) is 4.28. The van der Waals surface area contributed by atoms with E-state index in [1.165, 1.54) is 11.0 Å². The highest BCUT2D eigenvalue weighted by Gasteiger charge is 2.37. The number of furan rings is 1. The molecule has 3 rings (SSSR count). The minimum absolute atomic E-state index is 0.113. The molecular formula is C14H8BrNO4. The van der Waals surface area contributed by atoms with E-state index in [9.17, 15) is 14.4 Å². The predicted molar refractivity (Wildman–Crippen MR) is 73.8 cm³/mol. The summed E-state index contributed by atoms with van der Waals surface area (Å²) in [5.74, 6) is -0.515. The summed E-state index contributed by atoms with van der Waals surface area (Å²) in [4.78, 5) is 35.9. The normalized spacial score (nSPS) is 13.8. The van der Waals surface area contributed by atoms with Gasteiger partial charge in [0.15, 0.2) is 12.0 Å². The maximum atomic E-state index is 12.0. The van der Waals surface area contributed by atoms with Crippen LogP contribution in [0.15, 0.2) is 39.2 Å². The van der Waals surface area contributed by atoms with Crippen LogP contribution in [0.25, 0.3) is 0 Å². The zero-order valence-corrected chi connectivity index (χ0v) is 11.7. The highest BCUT2D eigenvalue weighted by Crippen LogP contribution is 2.35. The number of hydrogen-bond donors (Lipinski definition) is 0. The molecule has 0 aliphatic carbocycles. The highest BCUT2D eigenvalue weighted by atomic mass is 79.9. The van der Waals surface area contributed by atoms with E-state index in [0.717, 1.165) is 0 Å². The van der Waals surface area contributed by atoms with Crippen LogP contribution in [0.1, 0.15) is 26.7 Å². The van der Waals surface area contributed by atoms with Gasteiger partial charge in [-0.25, -0.2) is 0 Å². The van der Waals surface area contributed by atoms with E-state index in [1.807, 2.05) is 0 Å². The summed E-state index contributed by atoms with van der Waals surface area (Å²) in [5.41, 5.74) is 0.901. The van der Waals surface area contributed by atoms with Crippen LogP contribution in [0.2, 0.25) is 0 Å². The molecule has 0 bridgehead atoms. The third-order valence-electron chi connectivity index (χ3n) is 3.06. The molecule has 1 aliphatic heterocycles. The van der Waals surface area contributed by atoms with Crippen LogP contribution in [0, 0.1) is 0 Å². The first-order valence-electron chi connectivity index (χ1n) is 5.80. The van der Waals surface area contributed by atoms with Gasteiger partial charge in [-0.2, -0.15) is 0 Å². The number of carbonyl (C=O) groups is 3. The zero-order chi connectivity index (χ0) is 14.3. The summed E-state index contributed by atoms with van der Waals surface area (Å²) in [5, 5.41) is 0. The highest BCUT2D eigenvalue weighted by molar-refractivity contribution is 9.10. The Bertz CT molecular complexity index is 735. The third-order valence-corrected chi connectivity index (χ3v) is 3.72. The fourth-order valence-electron chi connectivity index (χ4n) is 2.16. The Morgan fingerprint density at radius 2 is 2.00 bits per heavy atom. The van der Waals surface area contributed by atoms with Gasteiger partial charge in [-0.3, -0.25) is 19.3 Å². The van der Waals surface area contributed by atoms with Crippen molar-refractivity contribution in [2.45, 2.75) is 6.54 Å². The quantitative estimate of drug-likeness (QED) is 0.639. The molecule has 0 fully saturated rings. The van der Waals surface area contributed by atoms with Gasteiger partial charge < -0.3 is 4.42 Å². The molecule has 0 spiro atoms. The molecule has 0 saturated carbocycles. The summed E-state index contributed by atoms with van der Waals surface area (Å²) >= 11 is 3.27. The Hall–Kier alpha value is -2.21. The topological polar surface area (TPSA) is 67.6 Å². The van der Waals surface area contributed by atoms with Gasteiger partial charge in [0, 0.05) is 4.47 Å². The summed E-state index contributed by atoms with van der Waals surface area (Å²) in [7, 11) is 0. The van der Waals surface area contributed by atoms with Gasteiger partial charge in [0.05, 0.1) is 17.8 Å². The zero-order valence-electron chi connectivity index (χ0n) is 10.1.